The van der Waals surface area contributed by atoms with Gasteiger partial charge in [0.2, 0.25) is 0 Å². The number of rotatable bonds is 9. The van der Waals surface area contributed by atoms with Crippen molar-refractivity contribution in [3.05, 3.63) is 59.7 Å². The second-order valence-electron chi connectivity index (χ2n) is 6.76. The highest BCUT2D eigenvalue weighted by Gasteiger charge is 2.30. The molecule has 8 heteroatoms. The number of aryl methyl sites for hydroxylation is 2. The molecule has 2 atom stereocenters. The van der Waals surface area contributed by atoms with E-state index in [2.05, 4.69) is 0 Å². The summed E-state index contributed by atoms with van der Waals surface area (Å²) < 4.78 is 60.8. The summed E-state index contributed by atoms with van der Waals surface area (Å²) in [6, 6.07) is 12.5. The van der Waals surface area contributed by atoms with Crippen molar-refractivity contribution in [2.75, 3.05) is 0 Å². The highest BCUT2D eigenvalue weighted by molar-refractivity contribution is 7.87. The molecule has 2 rings (SSSR count). The third kappa shape index (κ3) is 5.88. The predicted molar refractivity (Wildman–Crippen MR) is 107 cm³/mol. The van der Waals surface area contributed by atoms with Gasteiger partial charge in [-0.25, -0.2) is 0 Å². The zero-order valence-corrected chi connectivity index (χ0v) is 18.1. The maximum absolute atomic E-state index is 12.6. The molecule has 0 N–H and O–H groups in total. The SMILES string of the molecule is CCCC(OS(=O)(=O)c1ccc(C)cc1)C(C)OS(=O)(=O)c1ccc(C)cc1. The van der Waals surface area contributed by atoms with E-state index in [1.54, 1.807) is 24.3 Å². The summed E-state index contributed by atoms with van der Waals surface area (Å²) in [4.78, 5) is 0.0365. The van der Waals surface area contributed by atoms with Crippen LogP contribution < -0.4 is 0 Å². The molecule has 154 valence electrons. The molecule has 0 spiro atoms. The van der Waals surface area contributed by atoms with Gasteiger partial charge in [-0.2, -0.15) is 16.8 Å². The third-order valence-corrected chi connectivity index (χ3v) is 7.00. The molecule has 0 aliphatic rings. The quantitative estimate of drug-likeness (QED) is 0.564. The van der Waals surface area contributed by atoms with Crippen molar-refractivity contribution in [3.63, 3.8) is 0 Å². The standard InChI is InChI=1S/C20H26O6S2/c1-5-6-20(26-28(23,24)19-13-9-16(3)10-14-19)17(4)25-27(21,22)18-11-7-15(2)8-12-18/h7-14,17,20H,5-6H2,1-4H3. The van der Waals surface area contributed by atoms with E-state index in [0.717, 1.165) is 11.1 Å². The highest BCUT2D eigenvalue weighted by Crippen LogP contribution is 2.23. The number of hydrogen-bond donors (Lipinski definition) is 0. The van der Waals surface area contributed by atoms with Gasteiger partial charge in [-0.15, -0.1) is 0 Å². The van der Waals surface area contributed by atoms with Crippen LogP contribution in [0.2, 0.25) is 0 Å². The molecule has 0 bridgehead atoms. The van der Waals surface area contributed by atoms with E-state index in [-0.39, 0.29) is 9.79 Å². The zero-order valence-electron chi connectivity index (χ0n) is 16.5. The average molecular weight is 427 g/mol. The Morgan fingerprint density at radius 3 is 1.54 bits per heavy atom. The van der Waals surface area contributed by atoms with Crippen molar-refractivity contribution in [2.45, 2.75) is 62.5 Å². The molecule has 0 amide bonds. The average Bonchev–Trinajstić information content (AvgIpc) is 2.61. The lowest BCUT2D eigenvalue weighted by molar-refractivity contribution is 0.0681. The van der Waals surface area contributed by atoms with Crippen molar-refractivity contribution in [1.82, 2.24) is 0 Å². The first-order valence-corrected chi connectivity index (χ1v) is 11.9. The third-order valence-electron chi connectivity index (χ3n) is 4.24. The van der Waals surface area contributed by atoms with Crippen molar-refractivity contribution >= 4 is 20.2 Å². The predicted octanol–water partition coefficient (Wildman–Crippen LogP) is 3.97. The molecule has 28 heavy (non-hydrogen) atoms. The molecule has 2 unspecified atom stereocenters. The lowest BCUT2D eigenvalue weighted by atomic mass is 10.1. The first-order chi connectivity index (χ1) is 13.0. The Morgan fingerprint density at radius 1 is 0.750 bits per heavy atom. The van der Waals surface area contributed by atoms with Crippen LogP contribution in [-0.2, 0) is 28.6 Å². The Bertz CT molecular complexity index is 978. The highest BCUT2D eigenvalue weighted by atomic mass is 32.2. The molecule has 6 nitrogen and oxygen atoms in total. The van der Waals surface area contributed by atoms with Gasteiger partial charge in [0, 0.05) is 0 Å². The minimum atomic E-state index is -4.04. The fraction of sp³-hybridized carbons (Fsp3) is 0.400. The number of benzene rings is 2. The molecule has 0 aliphatic carbocycles. The van der Waals surface area contributed by atoms with E-state index in [4.69, 9.17) is 8.37 Å². The molecule has 2 aromatic carbocycles. The van der Waals surface area contributed by atoms with Gasteiger partial charge in [-0.3, -0.25) is 8.37 Å². The molecule has 0 saturated carbocycles. The lowest BCUT2D eigenvalue weighted by Gasteiger charge is -2.23. The van der Waals surface area contributed by atoms with E-state index in [9.17, 15) is 16.8 Å². The molecule has 2 aromatic rings. The Labute approximate surface area is 167 Å². The number of hydrogen-bond acceptors (Lipinski definition) is 6. The van der Waals surface area contributed by atoms with Crippen LogP contribution in [0.15, 0.2) is 58.3 Å². The Kier molecular flexibility index (Phi) is 7.39. The zero-order chi connectivity index (χ0) is 20.9. The van der Waals surface area contributed by atoms with E-state index in [1.807, 2.05) is 20.8 Å². The first-order valence-electron chi connectivity index (χ1n) is 9.05. The Morgan fingerprint density at radius 2 is 1.14 bits per heavy atom. The van der Waals surface area contributed by atoms with E-state index >= 15 is 0 Å². The van der Waals surface area contributed by atoms with E-state index < -0.39 is 32.4 Å². The van der Waals surface area contributed by atoms with Crippen LogP contribution in [0.25, 0.3) is 0 Å². The maximum atomic E-state index is 12.6. The second kappa shape index (κ2) is 9.17. The topological polar surface area (TPSA) is 86.7 Å². The first kappa shape index (κ1) is 22.5. The molecule has 0 saturated heterocycles. The molecule has 0 radical (unpaired) electrons. The Balaban J connectivity index is 2.20. The van der Waals surface area contributed by atoms with Crippen LogP contribution in [-0.4, -0.2) is 29.0 Å². The second-order valence-corrected chi connectivity index (χ2v) is 9.90. The largest absolute Gasteiger partial charge is 0.297 e. The minimum absolute atomic E-state index is 0.0154. The van der Waals surface area contributed by atoms with Gasteiger partial charge in [0.05, 0.1) is 9.79 Å². The van der Waals surface area contributed by atoms with Gasteiger partial charge < -0.3 is 0 Å². The van der Waals surface area contributed by atoms with Crippen molar-refractivity contribution in [3.8, 4) is 0 Å². The van der Waals surface area contributed by atoms with Crippen LogP contribution >= 0.6 is 0 Å². The lowest BCUT2D eigenvalue weighted by Crippen LogP contribution is -2.33. The summed E-state index contributed by atoms with van der Waals surface area (Å²) in [6.45, 7) is 7.05. The summed E-state index contributed by atoms with van der Waals surface area (Å²) in [6.07, 6.45) is -0.981. The van der Waals surface area contributed by atoms with Gasteiger partial charge in [-0.1, -0.05) is 48.7 Å². The van der Waals surface area contributed by atoms with Crippen LogP contribution in [0.1, 0.15) is 37.8 Å². The van der Waals surface area contributed by atoms with Gasteiger partial charge in [0.25, 0.3) is 20.2 Å². The van der Waals surface area contributed by atoms with Crippen LogP contribution in [0.3, 0.4) is 0 Å². The summed E-state index contributed by atoms with van der Waals surface area (Å²) in [5.41, 5.74) is 1.84. The summed E-state index contributed by atoms with van der Waals surface area (Å²) in [5, 5.41) is 0. The molecule has 0 fully saturated rings. The van der Waals surface area contributed by atoms with Crippen LogP contribution in [0, 0.1) is 13.8 Å². The molecular weight excluding hydrogens is 400 g/mol. The summed E-state index contributed by atoms with van der Waals surface area (Å²) in [7, 11) is -8.08. The summed E-state index contributed by atoms with van der Waals surface area (Å²) >= 11 is 0. The van der Waals surface area contributed by atoms with Gasteiger partial charge in [0.1, 0.15) is 12.2 Å². The molecule has 0 aromatic heterocycles. The van der Waals surface area contributed by atoms with Gasteiger partial charge >= 0.3 is 0 Å². The molecular formula is C20H26O6S2. The van der Waals surface area contributed by atoms with Crippen molar-refractivity contribution in [2.24, 2.45) is 0 Å². The fourth-order valence-corrected chi connectivity index (χ4v) is 4.85. The van der Waals surface area contributed by atoms with E-state index in [1.165, 1.54) is 31.2 Å². The molecule has 0 heterocycles. The van der Waals surface area contributed by atoms with E-state index in [0.29, 0.717) is 12.8 Å². The fourth-order valence-electron chi connectivity index (χ4n) is 2.59. The smallest absolute Gasteiger partial charge is 0.261 e. The minimum Gasteiger partial charge on any atom is -0.261 e. The van der Waals surface area contributed by atoms with Crippen molar-refractivity contribution in [1.29, 1.82) is 0 Å². The van der Waals surface area contributed by atoms with Gasteiger partial charge in [0.15, 0.2) is 0 Å². The van der Waals surface area contributed by atoms with Crippen LogP contribution in [0.5, 0.6) is 0 Å². The van der Waals surface area contributed by atoms with Gasteiger partial charge in [-0.05, 0) is 51.5 Å². The maximum Gasteiger partial charge on any atom is 0.297 e. The Hall–Kier alpha value is -1.74. The molecule has 0 aliphatic heterocycles. The summed E-state index contributed by atoms with van der Waals surface area (Å²) in [5.74, 6) is 0. The van der Waals surface area contributed by atoms with Crippen molar-refractivity contribution < 1.29 is 25.2 Å². The van der Waals surface area contributed by atoms with Crippen LogP contribution in [0.4, 0.5) is 0 Å². The normalized spacial score (nSPS) is 14.6. The monoisotopic (exact) mass is 426 g/mol.